The van der Waals surface area contributed by atoms with Gasteiger partial charge >= 0.3 is 6.09 Å². The Morgan fingerprint density at radius 2 is 1.97 bits per heavy atom. The molecular formula is C25H37NO3Si. The highest BCUT2D eigenvalue weighted by molar-refractivity contribution is 6.74. The minimum absolute atomic E-state index is 0.0213. The average Bonchev–Trinajstić information content (AvgIpc) is 2.71. The van der Waals surface area contributed by atoms with E-state index >= 15 is 0 Å². The normalized spacial score (nSPS) is 26.8. The number of likely N-dealkylation sites (tertiary alicyclic amines) is 1. The molecule has 0 aromatic heterocycles. The Morgan fingerprint density at radius 1 is 1.27 bits per heavy atom. The van der Waals surface area contributed by atoms with Gasteiger partial charge in [0.15, 0.2) is 8.32 Å². The third-order valence-corrected chi connectivity index (χ3v) is 11.5. The molecule has 1 aromatic carbocycles. The smallest absolute Gasteiger partial charge is 0.410 e. The first-order chi connectivity index (χ1) is 14.1. The van der Waals surface area contributed by atoms with Gasteiger partial charge in [-0.05, 0) is 42.5 Å². The van der Waals surface area contributed by atoms with Gasteiger partial charge in [0.2, 0.25) is 0 Å². The lowest BCUT2D eigenvalue weighted by atomic mass is 9.76. The summed E-state index contributed by atoms with van der Waals surface area (Å²) < 4.78 is 12.5. The predicted molar refractivity (Wildman–Crippen MR) is 125 cm³/mol. The summed E-state index contributed by atoms with van der Waals surface area (Å²) in [4.78, 5) is 14.9. The van der Waals surface area contributed by atoms with Gasteiger partial charge in [-0.15, -0.1) is 6.58 Å². The largest absolute Gasteiger partial charge is 0.445 e. The van der Waals surface area contributed by atoms with Crippen LogP contribution < -0.4 is 0 Å². The maximum atomic E-state index is 13.0. The molecule has 4 atom stereocenters. The van der Waals surface area contributed by atoms with Crippen molar-refractivity contribution in [1.29, 1.82) is 0 Å². The van der Waals surface area contributed by atoms with Crippen LogP contribution in [-0.4, -0.2) is 38.0 Å². The van der Waals surface area contributed by atoms with Crippen LogP contribution in [0.25, 0.3) is 0 Å². The molecular weight excluding hydrogens is 390 g/mol. The van der Waals surface area contributed by atoms with Gasteiger partial charge in [-0.25, -0.2) is 4.79 Å². The van der Waals surface area contributed by atoms with Crippen LogP contribution in [0.2, 0.25) is 18.1 Å². The van der Waals surface area contributed by atoms with E-state index < -0.39 is 8.32 Å². The van der Waals surface area contributed by atoms with Crippen LogP contribution in [0.15, 0.2) is 55.1 Å². The number of carbonyl (C=O) groups excluding carboxylic acids is 1. The third-order valence-electron chi connectivity index (χ3n) is 7.01. The van der Waals surface area contributed by atoms with Gasteiger partial charge in [0.1, 0.15) is 6.61 Å². The predicted octanol–water partition coefficient (Wildman–Crippen LogP) is 6.17. The number of carbonyl (C=O) groups is 1. The second-order valence-electron chi connectivity index (χ2n) is 10.2. The minimum Gasteiger partial charge on any atom is -0.445 e. The maximum absolute atomic E-state index is 13.0. The van der Waals surface area contributed by atoms with Gasteiger partial charge in [0.25, 0.3) is 0 Å². The van der Waals surface area contributed by atoms with Crippen LogP contribution in [0.5, 0.6) is 0 Å². The van der Waals surface area contributed by atoms with Crippen molar-refractivity contribution in [3.63, 3.8) is 0 Å². The summed E-state index contributed by atoms with van der Waals surface area (Å²) in [6.45, 7) is 16.4. The van der Waals surface area contributed by atoms with Crippen molar-refractivity contribution in [2.45, 2.75) is 70.5 Å². The van der Waals surface area contributed by atoms with E-state index in [0.717, 1.165) is 18.4 Å². The zero-order valence-corrected chi connectivity index (χ0v) is 20.1. The van der Waals surface area contributed by atoms with Gasteiger partial charge in [-0.1, -0.05) is 69.3 Å². The lowest BCUT2D eigenvalue weighted by molar-refractivity contribution is 0.00429. The summed E-state index contributed by atoms with van der Waals surface area (Å²) in [5.41, 5.74) is 0.998. The lowest BCUT2D eigenvalue weighted by Gasteiger charge is -2.49. The number of fused-ring (bicyclic) bond motifs is 1. The zero-order chi connectivity index (χ0) is 21.9. The first kappa shape index (κ1) is 22.8. The Balaban J connectivity index is 1.76. The first-order valence-corrected chi connectivity index (χ1v) is 14.0. The molecule has 1 saturated heterocycles. The molecule has 1 aliphatic carbocycles. The Morgan fingerprint density at radius 3 is 2.60 bits per heavy atom. The van der Waals surface area contributed by atoms with Gasteiger partial charge in [-0.3, -0.25) is 0 Å². The van der Waals surface area contributed by atoms with Gasteiger partial charge < -0.3 is 14.1 Å². The van der Waals surface area contributed by atoms with E-state index in [1.165, 1.54) is 0 Å². The fraction of sp³-hybridized carbons (Fsp3) is 0.560. The van der Waals surface area contributed by atoms with E-state index in [2.05, 4.69) is 52.6 Å². The van der Waals surface area contributed by atoms with Gasteiger partial charge in [-0.2, -0.15) is 0 Å². The Kier molecular flexibility index (Phi) is 6.93. The first-order valence-electron chi connectivity index (χ1n) is 11.1. The van der Waals surface area contributed by atoms with E-state index in [-0.39, 0.29) is 35.1 Å². The third kappa shape index (κ3) is 5.06. The van der Waals surface area contributed by atoms with Crippen molar-refractivity contribution in [2.75, 3.05) is 6.54 Å². The second kappa shape index (κ2) is 9.11. The Labute approximate surface area is 183 Å². The molecule has 1 fully saturated rings. The molecule has 4 nitrogen and oxygen atoms in total. The number of hydrogen-bond acceptors (Lipinski definition) is 3. The molecule has 1 aromatic rings. The quantitative estimate of drug-likeness (QED) is 0.417. The fourth-order valence-electron chi connectivity index (χ4n) is 4.17. The van der Waals surface area contributed by atoms with Gasteiger partial charge in [0, 0.05) is 12.5 Å². The molecule has 0 spiro atoms. The average molecular weight is 428 g/mol. The van der Waals surface area contributed by atoms with Crippen LogP contribution >= 0.6 is 0 Å². The lowest BCUT2D eigenvalue weighted by Crippen LogP contribution is -2.57. The van der Waals surface area contributed by atoms with E-state index in [0.29, 0.717) is 13.2 Å². The number of ether oxygens (including phenoxy) is 1. The number of nitrogens with zero attached hydrogens (tertiary/aromatic N) is 1. The number of piperidine rings is 1. The zero-order valence-electron chi connectivity index (χ0n) is 19.1. The molecule has 0 N–H and O–H groups in total. The molecule has 30 heavy (non-hydrogen) atoms. The van der Waals surface area contributed by atoms with E-state index in [4.69, 9.17) is 9.16 Å². The molecule has 1 amide bonds. The Bertz CT molecular complexity index is 768. The highest BCUT2D eigenvalue weighted by Gasteiger charge is 2.46. The summed E-state index contributed by atoms with van der Waals surface area (Å²) in [6.07, 6.45) is 8.13. The molecule has 1 unspecified atom stereocenters. The van der Waals surface area contributed by atoms with Crippen molar-refractivity contribution in [2.24, 2.45) is 11.8 Å². The van der Waals surface area contributed by atoms with Crippen LogP contribution in [0.1, 0.15) is 39.2 Å². The van der Waals surface area contributed by atoms with Crippen molar-refractivity contribution in [3.05, 3.63) is 60.7 Å². The molecule has 3 rings (SSSR count). The van der Waals surface area contributed by atoms with Crippen molar-refractivity contribution in [1.82, 2.24) is 4.90 Å². The standard InChI is InChI=1S/C25H37NO3Si/c1-7-19-16-21-22(14-11-15-23(21)29-30(5,6)25(2,3)4)26(17-19)24(27)28-18-20-12-9-8-10-13-20/h7-14,19,21-23H,1,15-18H2,2-6H3/t19-,21+,22+,23?/m1/s1. The number of hydrogen-bond donors (Lipinski definition) is 0. The monoisotopic (exact) mass is 427 g/mol. The summed E-state index contributed by atoms with van der Waals surface area (Å²) in [5.74, 6) is 0.526. The molecule has 0 bridgehead atoms. The highest BCUT2D eigenvalue weighted by Crippen LogP contribution is 2.42. The molecule has 0 saturated carbocycles. The second-order valence-corrected chi connectivity index (χ2v) is 14.9. The van der Waals surface area contributed by atoms with Crippen molar-refractivity contribution < 1.29 is 14.0 Å². The summed E-state index contributed by atoms with van der Waals surface area (Å²) in [7, 11) is -1.90. The van der Waals surface area contributed by atoms with E-state index in [1.807, 2.05) is 41.3 Å². The number of amides is 1. The summed E-state index contributed by atoms with van der Waals surface area (Å²) in [6, 6.07) is 9.85. The van der Waals surface area contributed by atoms with E-state index in [1.54, 1.807) is 0 Å². The van der Waals surface area contributed by atoms with Crippen molar-refractivity contribution in [3.8, 4) is 0 Å². The minimum atomic E-state index is -1.90. The summed E-state index contributed by atoms with van der Waals surface area (Å²) in [5, 5.41) is 0.157. The van der Waals surface area contributed by atoms with Gasteiger partial charge in [0.05, 0.1) is 12.1 Å². The molecule has 1 heterocycles. The molecule has 5 heteroatoms. The number of benzene rings is 1. The van der Waals surface area contributed by atoms with Crippen LogP contribution in [0.4, 0.5) is 4.79 Å². The highest BCUT2D eigenvalue weighted by atomic mass is 28.4. The molecule has 1 aliphatic heterocycles. The van der Waals surface area contributed by atoms with Crippen LogP contribution in [-0.2, 0) is 15.8 Å². The Hall–Kier alpha value is -1.85. The van der Waals surface area contributed by atoms with Crippen molar-refractivity contribution >= 4 is 14.4 Å². The molecule has 2 aliphatic rings. The number of rotatable bonds is 5. The molecule has 164 valence electrons. The maximum Gasteiger partial charge on any atom is 0.410 e. The summed E-state index contributed by atoms with van der Waals surface area (Å²) >= 11 is 0. The molecule has 0 radical (unpaired) electrons. The van der Waals surface area contributed by atoms with E-state index in [9.17, 15) is 4.79 Å². The van der Waals surface area contributed by atoms with Crippen LogP contribution in [0.3, 0.4) is 0 Å². The SMILES string of the molecule is C=C[C@@H]1C[C@@H]2C(O[Si](C)(C)C(C)(C)C)CC=C[C@@H]2N(C(=O)OCc2ccccc2)C1. The topological polar surface area (TPSA) is 38.8 Å². The fourth-order valence-corrected chi connectivity index (χ4v) is 5.56. The van der Waals surface area contributed by atoms with Crippen LogP contribution in [0, 0.1) is 11.8 Å².